The summed E-state index contributed by atoms with van der Waals surface area (Å²) in [6.07, 6.45) is 0. The largest absolute Gasteiger partial charge is 0.358 e. The predicted molar refractivity (Wildman–Crippen MR) is 29.8 cm³/mol. The van der Waals surface area contributed by atoms with Gasteiger partial charge in [0.2, 0.25) is 0 Å². The average Bonchev–Trinajstić information content (AvgIpc) is 0.811. The molecule has 0 aromatic rings. The van der Waals surface area contributed by atoms with Crippen LogP contribution < -0.4 is 0 Å². The van der Waals surface area contributed by atoms with Crippen molar-refractivity contribution in [2.24, 2.45) is 0 Å². The molecule has 0 atom stereocenters. The molecule has 1 radical (unpaired) electrons. The van der Waals surface area contributed by atoms with Crippen LogP contribution in [0.1, 0.15) is 0 Å². The molecule has 0 aliphatic rings. The molecule has 6 heavy (non-hydrogen) atoms. The molecule has 0 nitrogen and oxygen atoms in total. The topological polar surface area (TPSA) is 0 Å². The van der Waals surface area contributed by atoms with Gasteiger partial charge in [0.05, 0.1) is 0 Å². The average molecular weight is 267 g/mol. The smallest absolute Gasteiger partial charge is 0.0379 e. The van der Waals surface area contributed by atoms with E-state index in [-0.39, 0.29) is 42.1 Å². The molecule has 0 aromatic heterocycles. The maximum atomic E-state index is 2.27. The molecule has 0 fully saturated rings. The van der Waals surface area contributed by atoms with Crippen LogP contribution >= 0.6 is 0 Å². The molecule has 0 spiro atoms. The van der Waals surface area contributed by atoms with Crippen molar-refractivity contribution < 1.29 is 25.8 Å². The van der Waals surface area contributed by atoms with Gasteiger partial charge in [0.1, 0.15) is 0 Å². The molecule has 2 heteroatoms. The van der Waals surface area contributed by atoms with E-state index >= 15 is 0 Å². The minimum Gasteiger partial charge on any atom is -0.358 e. The van der Waals surface area contributed by atoms with Crippen LogP contribution in [0.3, 0.4) is 0 Å². The van der Waals surface area contributed by atoms with Gasteiger partial charge < -0.3 is 7.43 Å². The molecule has 0 saturated carbocycles. The van der Waals surface area contributed by atoms with Crippen LogP contribution in [0.15, 0.2) is 0 Å². The Kier molecular flexibility index (Phi) is 24.7. The normalized spacial score (nSPS) is 6.00. The second kappa shape index (κ2) is 9.43. The number of hydrogen-bond acceptors (Lipinski definition) is 0. The number of rotatable bonds is 0. The fourth-order valence-corrected chi connectivity index (χ4v) is 0. The summed E-state index contributed by atoms with van der Waals surface area (Å²) in [4.78, 5) is 0. The van der Waals surface area contributed by atoms with E-state index in [1.54, 1.807) is 0 Å². The van der Waals surface area contributed by atoms with Gasteiger partial charge in [0, 0.05) is 34.6 Å². The molecular formula is C4H12HfSi-. The summed E-state index contributed by atoms with van der Waals surface area (Å²) in [7, 11) is 0.120. The van der Waals surface area contributed by atoms with E-state index in [1.165, 1.54) is 0 Å². The molecule has 0 aliphatic carbocycles. The summed E-state index contributed by atoms with van der Waals surface area (Å²) < 4.78 is 0. The van der Waals surface area contributed by atoms with Crippen LogP contribution in [0.2, 0.25) is 19.6 Å². The summed E-state index contributed by atoms with van der Waals surface area (Å²) in [6.45, 7) is 6.81. The molecular weight excluding hydrogens is 255 g/mol. The van der Waals surface area contributed by atoms with Crippen LogP contribution in [-0.2, 0) is 25.8 Å². The molecule has 0 saturated heterocycles. The van der Waals surface area contributed by atoms with Gasteiger partial charge in [-0.2, -0.15) is 0 Å². The number of hydrogen-bond donors (Lipinski definition) is 0. The molecule has 0 rings (SSSR count). The Hall–Kier alpha value is 1.09. The van der Waals surface area contributed by atoms with Gasteiger partial charge in [-0.05, 0) is 0 Å². The SMILES string of the molecule is C[Si](C)C.[CH3-].[Hf]. The first-order valence-electron chi connectivity index (χ1n) is 1.50. The monoisotopic (exact) mass is 268 g/mol. The molecule has 0 heterocycles. The van der Waals surface area contributed by atoms with Gasteiger partial charge in [-0.3, -0.25) is 0 Å². The third kappa shape index (κ3) is 71.9. The third-order valence-electron chi connectivity index (χ3n) is 0. The van der Waals surface area contributed by atoms with Crippen LogP contribution in [0.25, 0.3) is 0 Å². The molecule has 0 amide bonds. The van der Waals surface area contributed by atoms with Crippen LogP contribution in [0.4, 0.5) is 0 Å². The second-order valence-corrected chi connectivity index (χ2v) is 4.50. The second-order valence-electron chi connectivity index (χ2n) is 1.50. The summed E-state index contributed by atoms with van der Waals surface area (Å²) in [5.41, 5.74) is 0. The Morgan fingerprint density at radius 3 is 1.00 bits per heavy atom. The molecule has 0 N–H and O–H groups in total. The first kappa shape index (κ1) is 15.7. The Labute approximate surface area is 61.7 Å². The van der Waals surface area contributed by atoms with Gasteiger partial charge in [-0.25, -0.2) is 0 Å². The standard InChI is InChI=1S/C3H9Si.CH3.Hf/c1-4(2)3;;/h1-3H3;1H3;/q;-1;. The summed E-state index contributed by atoms with van der Waals surface area (Å²) in [5, 5.41) is 0. The minimum absolute atomic E-state index is 0. The van der Waals surface area contributed by atoms with E-state index in [0.29, 0.717) is 0 Å². The predicted octanol–water partition coefficient (Wildman–Crippen LogP) is 1.82. The van der Waals surface area contributed by atoms with Gasteiger partial charge in [0.15, 0.2) is 0 Å². The van der Waals surface area contributed by atoms with Gasteiger partial charge in [0.25, 0.3) is 0 Å². The van der Waals surface area contributed by atoms with Crippen molar-refractivity contribution in [3.05, 3.63) is 7.43 Å². The van der Waals surface area contributed by atoms with E-state index in [2.05, 4.69) is 19.6 Å². The zero-order chi connectivity index (χ0) is 3.58. The first-order chi connectivity index (χ1) is 1.73. The molecule has 0 aliphatic heterocycles. The maximum Gasteiger partial charge on any atom is 0.0379 e. The quantitative estimate of drug-likeness (QED) is 0.463. The van der Waals surface area contributed by atoms with E-state index in [9.17, 15) is 0 Å². The minimum atomic E-state index is 0. The Morgan fingerprint density at radius 2 is 1.00 bits per heavy atom. The van der Waals surface area contributed by atoms with Crippen molar-refractivity contribution in [1.82, 2.24) is 0 Å². The Morgan fingerprint density at radius 1 is 1.00 bits per heavy atom. The van der Waals surface area contributed by atoms with Crippen molar-refractivity contribution in [3.63, 3.8) is 0 Å². The Balaban J connectivity index is -0.0000000450. The fourth-order valence-electron chi connectivity index (χ4n) is 0. The van der Waals surface area contributed by atoms with Crippen LogP contribution in [-0.4, -0.2) is 8.80 Å². The maximum absolute atomic E-state index is 2.27. The fraction of sp³-hybridized carbons (Fsp3) is 0.750. The molecule has 0 unspecified atom stereocenters. The Bertz CT molecular complexity index is 12.3. The molecule has 0 bridgehead atoms. The van der Waals surface area contributed by atoms with Crippen LogP contribution in [0, 0.1) is 7.43 Å². The van der Waals surface area contributed by atoms with Crippen molar-refractivity contribution >= 4 is 8.80 Å². The van der Waals surface area contributed by atoms with Crippen molar-refractivity contribution in [2.45, 2.75) is 19.6 Å². The zero-order valence-electron chi connectivity index (χ0n) is 5.00. The summed E-state index contributed by atoms with van der Waals surface area (Å²) >= 11 is 0. The van der Waals surface area contributed by atoms with E-state index in [4.69, 9.17) is 0 Å². The van der Waals surface area contributed by atoms with Crippen LogP contribution in [0.5, 0.6) is 0 Å². The molecule has 0 aromatic carbocycles. The van der Waals surface area contributed by atoms with E-state index in [1.807, 2.05) is 0 Å². The van der Waals surface area contributed by atoms with E-state index < -0.39 is 0 Å². The van der Waals surface area contributed by atoms with Gasteiger partial charge >= 0.3 is 0 Å². The summed E-state index contributed by atoms with van der Waals surface area (Å²) in [5.74, 6) is 0. The third-order valence-corrected chi connectivity index (χ3v) is 0. The van der Waals surface area contributed by atoms with Gasteiger partial charge in [-0.15, -0.1) is 0 Å². The summed E-state index contributed by atoms with van der Waals surface area (Å²) in [6, 6.07) is 0. The van der Waals surface area contributed by atoms with E-state index in [0.717, 1.165) is 0 Å². The zero-order valence-corrected chi connectivity index (χ0v) is 9.59. The molecule has 37 valence electrons. The van der Waals surface area contributed by atoms with Crippen molar-refractivity contribution in [2.75, 3.05) is 0 Å². The first-order valence-corrected chi connectivity index (χ1v) is 4.50. The van der Waals surface area contributed by atoms with Crippen molar-refractivity contribution in [3.8, 4) is 0 Å². The van der Waals surface area contributed by atoms with Gasteiger partial charge in [-0.1, -0.05) is 19.6 Å². The van der Waals surface area contributed by atoms with Crippen molar-refractivity contribution in [1.29, 1.82) is 0 Å².